The summed E-state index contributed by atoms with van der Waals surface area (Å²) in [7, 11) is 0. The van der Waals surface area contributed by atoms with Crippen LogP contribution in [0.3, 0.4) is 0 Å². The molecule has 5 nitrogen and oxygen atoms in total. The number of anilines is 1. The summed E-state index contributed by atoms with van der Waals surface area (Å²) in [5, 5.41) is 11.7. The maximum absolute atomic E-state index is 5.41. The molecule has 0 radical (unpaired) electrons. The van der Waals surface area contributed by atoms with Gasteiger partial charge in [-0.2, -0.15) is 5.10 Å². The first-order valence-electron chi connectivity index (χ1n) is 3.86. The molecule has 2 N–H and O–H groups in total. The summed E-state index contributed by atoms with van der Waals surface area (Å²) in [4.78, 5) is 0. The van der Waals surface area contributed by atoms with Gasteiger partial charge in [0.05, 0.1) is 6.20 Å². The van der Waals surface area contributed by atoms with Crippen LogP contribution in [0.2, 0.25) is 0 Å². The van der Waals surface area contributed by atoms with Crippen molar-refractivity contribution in [1.29, 1.82) is 0 Å². The molecule has 2 rings (SSSR count). The molecule has 0 fully saturated rings. The number of nitrogen functional groups attached to an aromatic ring is 1. The minimum Gasteiger partial charge on any atom is -0.382 e. The van der Waals surface area contributed by atoms with Crippen molar-refractivity contribution in [3.8, 4) is 5.82 Å². The average molecular weight is 175 g/mol. The van der Waals surface area contributed by atoms with Gasteiger partial charge in [-0.1, -0.05) is 0 Å². The number of hydrogen-bond donors (Lipinski definition) is 1. The number of nitrogens with two attached hydrogens (primary N) is 1. The zero-order chi connectivity index (χ0) is 9.26. The Kier molecular flexibility index (Phi) is 1.70. The summed E-state index contributed by atoms with van der Waals surface area (Å²) >= 11 is 0. The number of rotatable bonds is 1. The van der Waals surface area contributed by atoms with Crippen LogP contribution in [-0.2, 0) is 0 Å². The second kappa shape index (κ2) is 2.85. The molecule has 0 spiro atoms. The van der Waals surface area contributed by atoms with Gasteiger partial charge in [-0.15, -0.1) is 10.2 Å². The topological polar surface area (TPSA) is 69.6 Å². The minimum absolute atomic E-state index is 0.410. The van der Waals surface area contributed by atoms with Crippen LogP contribution in [0.15, 0.2) is 24.5 Å². The molecule has 0 aliphatic heterocycles. The van der Waals surface area contributed by atoms with E-state index in [-0.39, 0.29) is 0 Å². The SMILES string of the molecule is Cc1cnn(-c2ccc(N)nn2)c1. The van der Waals surface area contributed by atoms with Gasteiger partial charge in [-0.25, -0.2) is 4.68 Å². The van der Waals surface area contributed by atoms with Gasteiger partial charge in [0.1, 0.15) is 5.82 Å². The zero-order valence-electron chi connectivity index (χ0n) is 7.18. The number of aryl methyl sites for hydroxylation is 1. The van der Waals surface area contributed by atoms with E-state index in [9.17, 15) is 0 Å². The molecule has 0 atom stereocenters. The highest BCUT2D eigenvalue weighted by molar-refractivity contribution is 5.31. The van der Waals surface area contributed by atoms with Gasteiger partial charge in [0.15, 0.2) is 5.82 Å². The highest BCUT2D eigenvalue weighted by Crippen LogP contribution is 2.04. The second-order valence-corrected chi connectivity index (χ2v) is 2.78. The molecule has 0 saturated carbocycles. The maximum Gasteiger partial charge on any atom is 0.175 e. The van der Waals surface area contributed by atoms with Crippen molar-refractivity contribution < 1.29 is 0 Å². The number of hydrogen-bond acceptors (Lipinski definition) is 4. The molecule has 2 aromatic heterocycles. The Morgan fingerprint density at radius 3 is 2.69 bits per heavy atom. The third kappa shape index (κ3) is 1.48. The Hall–Kier alpha value is -1.91. The first-order valence-corrected chi connectivity index (χ1v) is 3.86. The Labute approximate surface area is 75.2 Å². The van der Waals surface area contributed by atoms with Crippen LogP contribution in [0.1, 0.15) is 5.56 Å². The van der Waals surface area contributed by atoms with Crippen LogP contribution >= 0.6 is 0 Å². The van der Waals surface area contributed by atoms with Crippen LogP contribution in [0, 0.1) is 6.92 Å². The summed E-state index contributed by atoms with van der Waals surface area (Å²) in [5.41, 5.74) is 6.49. The van der Waals surface area contributed by atoms with E-state index in [2.05, 4.69) is 15.3 Å². The zero-order valence-corrected chi connectivity index (χ0v) is 7.18. The second-order valence-electron chi connectivity index (χ2n) is 2.78. The molecule has 0 bridgehead atoms. The van der Waals surface area contributed by atoms with Crippen LogP contribution in [0.4, 0.5) is 5.82 Å². The fourth-order valence-electron chi connectivity index (χ4n) is 0.996. The Morgan fingerprint density at radius 1 is 1.31 bits per heavy atom. The normalized spacial score (nSPS) is 10.2. The summed E-state index contributed by atoms with van der Waals surface area (Å²) in [6, 6.07) is 3.47. The predicted octanol–water partition coefficient (Wildman–Crippen LogP) is 0.553. The van der Waals surface area contributed by atoms with Crippen molar-refractivity contribution >= 4 is 5.82 Å². The summed E-state index contributed by atoms with van der Waals surface area (Å²) in [6.07, 6.45) is 3.64. The molecule has 0 aromatic carbocycles. The van der Waals surface area contributed by atoms with Crippen molar-refractivity contribution in [2.45, 2.75) is 6.92 Å². The van der Waals surface area contributed by atoms with Crippen LogP contribution in [0.5, 0.6) is 0 Å². The number of aromatic nitrogens is 4. The number of nitrogens with zero attached hydrogens (tertiary/aromatic N) is 4. The molecular formula is C8H9N5. The third-order valence-corrected chi connectivity index (χ3v) is 1.62. The third-order valence-electron chi connectivity index (χ3n) is 1.62. The van der Waals surface area contributed by atoms with Gasteiger partial charge in [-0.05, 0) is 24.6 Å². The summed E-state index contributed by atoms with van der Waals surface area (Å²) in [5.74, 6) is 1.08. The summed E-state index contributed by atoms with van der Waals surface area (Å²) in [6.45, 7) is 1.97. The van der Waals surface area contributed by atoms with Gasteiger partial charge >= 0.3 is 0 Å². The molecule has 2 heterocycles. The molecule has 0 aliphatic carbocycles. The largest absolute Gasteiger partial charge is 0.382 e. The van der Waals surface area contributed by atoms with Crippen LogP contribution < -0.4 is 5.73 Å². The van der Waals surface area contributed by atoms with Crippen molar-refractivity contribution in [2.75, 3.05) is 5.73 Å². The molecular weight excluding hydrogens is 166 g/mol. The fraction of sp³-hybridized carbons (Fsp3) is 0.125. The highest BCUT2D eigenvalue weighted by Gasteiger charge is 1.98. The van der Waals surface area contributed by atoms with Crippen molar-refractivity contribution in [3.63, 3.8) is 0 Å². The molecule has 0 aliphatic rings. The van der Waals surface area contributed by atoms with Crippen molar-refractivity contribution in [2.24, 2.45) is 0 Å². The first kappa shape index (κ1) is 7.72. The van der Waals surface area contributed by atoms with E-state index in [1.54, 1.807) is 23.0 Å². The van der Waals surface area contributed by atoms with E-state index in [0.29, 0.717) is 11.6 Å². The van der Waals surface area contributed by atoms with Gasteiger partial charge in [-0.3, -0.25) is 0 Å². The molecule has 2 aromatic rings. The quantitative estimate of drug-likeness (QED) is 0.687. The first-order chi connectivity index (χ1) is 6.25. The van der Waals surface area contributed by atoms with E-state index in [1.807, 2.05) is 13.1 Å². The smallest absolute Gasteiger partial charge is 0.175 e. The molecule has 0 unspecified atom stereocenters. The van der Waals surface area contributed by atoms with Gasteiger partial charge in [0, 0.05) is 6.20 Å². The molecule has 0 amide bonds. The fourth-order valence-corrected chi connectivity index (χ4v) is 0.996. The lowest BCUT2D eigenvalue weighted by Gasteiger charge is -1.97. The van der Waals surface area contributed by atoms with E-state index in [0.717, 1.165) is 5.56 Å². The predicted molar refractivity (Wildman–Crippen MR) is 48.3 cm³/mol. The monoisotopic (exact) mass is 175 g/mol. The Bertz CT molecular complexity index is 403. The maximum atomic E-state index is 5.41. The lowest BCUT2D eigenvalue weighted by atomic mass is 10.4. The van der Waals surface area contributed by atoms with Gasteiger partial charge in [0.2, 0.25) is 0 Å². The molecule has 13 heavy (non-hydrogen) atoms. The minimum atomic E-state index is 0.410. The molecule has 66 valence electrons. The average Bonchev–Trinajstić information content (AvgIpc) is 2.53. The van der Waals surface area contributed by atoms with E-state index < -0.39 is 0 Å². The lowest BCUT2D eigenvalue weighted by Crippen LogP contribution is -2.01. The highest BCUT2D eigenvalue weighted by atomic mass is 15.3. The lowest BCUT2D eigenvalue weighted by molar-refractivity contribution is 0.816. The van der Waals surface area contributed by atoms with E-state index in [4.69, 9.17) is 5.73 Å². The summed E-state index contributed by atoms with van der Waals surface area (Å²) < 4.78 is 1.65. The standard InChI is InChI=1S/C8H9N5/c1-6-4-10-13(5-6)8-3-2-7(9)11-12-8/h2-5H,1H3,(H2,9,11). The van der Waals surface area contributed by atoms with Gasteiger partial charge < -0.3 is 5.73 Å². The van der Waals surface area contributed by atoms with E-state index in [1.165, 1.54) is 0 Å². The van der Waals surface area contributed by atoms with E-state index >= 15 is 0 Å². The van der Waals surface area contributed by atoms with Crippen molar-refractivity contribution in [3.05, 3.63) is 30.1 Å². The van der Waals surface area contributed by atoms with Crippen LogP contribution in [-0.4, -0.2) is 20.0 Å². The van der Waals surface area contributed by atoms with Crippen LogP contribution in [0.25, 0.3) is 5.82 Å². The Morgan fingerprint density at radius 2 is 2.15 bits per heavy atom. The molecule has 5 heteroatoms. The van der Waals surface area contributed by atoms with Gasteiger partial charge in [0.25, 0.3) is 0 Å². The Balaban J connectivity index is 2.41. The molecule has 0 saturated heterocycles. The van der Waals surface area contributed by atoms with Crippen molar-refractivity contribution in [1.82, 2.24) is 20.0 Å².